The molecule has 0 fully saturated rings. The predicted octanol–water partition coefficient (Wildman–Crippen LogP) is 14.5. The van der Waals surface area contributed by atoms with Crippen LogP contribution >= 0.6 is 0 Å². The van der Waals surface area contributed by atoms with Gasteiger partial charge in [0.2, 0.25) is 0 Å². The molecule has 0 aromatic heterocycles. The highest BCUT2D eigenvalue weighted by Gasteiger charge is 1.99. The van der Waals surface area contributed by atoms with Gasteiger partial charge in [-0.25, -0.2) is 0 Å². The van der Waals surface area contributed by atoms with Crippen LogP contribution in [0.5, 0.6) is 0 Å². The summed E-state index contributed by atoms with van der Waals surface area (Å²) in [6, 6.07) is 9.63. The Labute approximate surface area is 254 Å². The van der Waals surface area contributed by atoms with Crippen molar-refractivity contribution in [1.82, 2.24) is 0 Å². The SMILES string of the molecule is CCCCCCCCCCCCCCCCCc1ccc(CCCCCCCCCCCCCCCCC)cc1. The van der Waals surface area contributed by atoms with E-state index < -0.39 is 0 Å². The fraction of sp³-hybridized carbons (Fsp3) is 0.850. The molecular weight excluding hydrogens is 480 g/mol. The second-order valence-corrected chi connectivity index (χ2v) is 13.2. The molecule has 0 heteroatoms. The van der Waals surface area contributed by atoms with Crippen molar-refractivity contribution in [2.45, 2.75) is 219 Å². The Bertz CT molecular complexity index is 532. The Balaban J connectivity index is 1.82. The van der Waals surface area contributed by atoms with Crippen LogP contribution < -0.4 is 0 Å². The van der Waals surface area contributed by atoms with Crippen molar-refractivity contribution in [3.63, 3.8) is 0 Å². The summed E-state index contributed by atoms with van der Waals surface area (Å²) in [6.45, 7) is 4.61. The molecule has 0 saturated carbocycles. The Morgan fingerprint density at radius 1 is 0.250 bits per heavy atom. The summed E-state index contributed by atoms with van der Waals surface area (Å²) >= 11 is 0. The van der Waals surface area contributed by atoms with E-state index in [4.69, 9.17) is 0 Å². The molecule has 0 unspecified atom stereocenters. The smallest absolute Gasteiger partial charge is 0.0279 e. The van der Waals surface area contributed by atoms with Gasteiger partial charge < -0.3 is 0 Å². The number of aryl methyl sites for hydroxylation is 2. The molecule has 1 aromatic rings. The minimum absolute atomic E-state index is 1.28. The van der Waals surface area contributed by atoms with Crippen molar-refractivity contribution in [2.75, 3.05) is 0 Å². The highest BCUT2D eigenvalue weighted by atomic mass is 14.1. The predicted molar refractivity (Wildman–Crippen MR) is 184 cm³/mol. The standard InChI is InChI=1S/C40H74/c1-3-5-7-9-11-13-15-17-19-21-23-25-27-29-31-33-39-35-37-40(38-36-39)34-32-30-28-26-24-22-20-18-16-14-12-10-8-6-4-2/h35-38H,3-34H2,1-2H3. The third kappa shape index (κ3) is 26.1. The molecule has 0 spiro atoms. The van der Waals surface area contributed by atoms with Crippen LogP contribution in [0.1, 0.15) is 218 Å². The number of hydrogen-bond donors (Lipinski definition) is 0. The summed E-state index contributed by atoms with van der Waals surface area (Å²) in [4.78, 5) is 0. The highest BCUT2D eigenvalue weighted by Crippen LogP contribution is 2.17. The van der Waals surface area contributed by atoms with E-state index in [2.05, 4.69) is 38.1 Å². The van der Waals surface area contributed by atoms with E-state index >= 15 is 0 Å². The van der Waals surface area contributed by atoms with Gasteiger partial charge in [-0.2, -0.15) is 0 Å². The molecule has 1 rings (SSSR count). The summed E-state index contributed by atoms with van der Waals surface area (Å²) in [5, 5.41) is 0. The molecule has 0 saturated heterocycles. The lowest BCUT2D eigenvalue weighted by molar-refractivity contribution is 0.532. The molecule has 0 bridgehead atoms. The lowest BCUT2D eigenvalue weighted by Crippen LogP contribution is -1.90. The van der Waals surface area contributed by atoms with E-state index in [9.17, 15) is 0 Å². The summed E-state index contributed by atoms with van der Waals surface area (Å²) in [6.07, 6.45) is 46.0. The third-order valence-electron chi connectivity index (χ3n) is 9.16. The summed E-state index contributed by atoms with van der Waals surface area (Å²) in [7, 11) is 0. The second-order valence-electron chi connectivity index (χ2n) is 13.2. The highest BCUT2D eigenvalue weighted by molar-refractivity contribution is 5.22. The van der Waals surface area contributed by atoms with Crippen LogP contribution in [0.3, 0.4) is 0 Å². The monoisotopic (exact) mass is 555 g/mol. The minimum atomic E-state index is 1.28. The fourth-order valence-electron chi connectivity index (χ4n) is 6.27. The largest absolute Gasteiger partial charge is 0.0654 e. The van der Waals surface area contributed by atoms with Crippen molar-refractivity contribution in [3.05, 3.63) is 35.4 Å². The van der Waals surface area contributed by atoms with Crippen molar-refractivity contribution in [2.24, 2.45) is 0 Å². The van der Waals surface area contributed by atoms with Gasteiger partial charge in [-0.15, -0.1) is 0 Å². The van der Waals surface area contributed by atoms with Gasteiger partial charge in [0, 0.05) is 0 Å². The molecule has 0 N–H and O–H groups in total. The molecular formula is C40H74. The first-order valence-corrected chi connectivity index (χ1v) is 18.9. The summed E-state index contributed by atoms with van der Waals surface area (Å²) < 4.78 is 0. The molecule has 0 aliphatic rings. The molecule has 0 amide bonds. The molecule has 40 heavy (non-hydrogen) atoms. The van der Waals surface area contributed by atoms with E-state index in [0.29, 0.717) is 0 Å². The molecule has 0 atom stereocenters. The molecule has 0 heterocycles. The maximum Gasteiger partial charge on any atom is -0.0279 e. The van der Waals surface area contributed by atoms with Crippen LogP contribution in [0.4, 0.5) is 0 Å². The van der Waals surface area contributed by atoms with Gasteiger partial charge in [0.25, 0.3) is 0 Å². The molecule has 0 aliphatic heterocycles. The van der Waals surface area contributed by atoms with Gasteiger partial charge in [0.15, 0.2) is 0 Å². The van der Waals surface area contributed by atoms with Crippen LogP contribution in [-0.2, 0) is 12.8 Å². The number of rotatable bonds is 32. The van der Waals surface area contributed by atoms with E-state index in [1.54, 1.807) is 11.1 Å². The zero-order valence-corrected chi connectivity index (χ0v) is 27.9. The lowest BCUT2D eigenvalue weighted by atomic mass is 10.0. The molecule has 0 radical (unpaired) electrons. The van der Waals surface area contributed by atoms with E-state index in [1.165, 1.54) is 205 Å². The van der Waals surface area contributed by atoms with Crippen molar-refractivity contribution in [1.29, 1.82) is 0 Å². The van der Waals surface area contributed by atoms with Crippen LogP contribution in [-0.4, -0.2) is 0 Å². The first-order chi connectivity index (χ1) is 19.9. The van der Waals surface area contributed by atoms with E-state index in [0.717, 1.165) is 0 Å². The van der Waals surface area contributed by atoms with Crippen LogP contribution in [0.2, 0.25) is 0 Å². The Morgan fingerprint density at radius 2 is 0.425 bits per heavy atom. The first-order valence-electron chi connectivity index (χ1n) is 18.9. The average molecular weight is 555 g/mol. The van der Waals surface area contributed by atoms with Gasteiger partial charge in [-0.1, -0.05) is 218 Å². The molecule has 0 aliphatic carbocycles. The fourth-order valence-corrected chi connectivity index (χ4v) is 6.27. The summed E-state index contributed by atoms with van der Waals surface area (Å²) in [5.74, 6) is 0. The first kappa shape index (κ1) is 37.2. The average Bonchev–Trinajstić information content (AvgIpc) is 2.98. The maximum atomic E-state index is 2.41. The Kier molecular flexibility index (Phi) is 29.0. The minimum Gasteiger partial charge on any atom is -0.0654 e. The zero-order chi connectivity index (χ0) is 28.6. The van der Waals surface area contributed by atoms with Crippen molar-refractivity contribution in [3.8, 4) is 0 Å². The molecule has 234 valence electrons. The topological polar surface area (TPSA) is 0 Å². The molecule has 1 aromatic carbocycles. The second kappa shape index (κ2) is 31.2. The normalized spacial score (nSPS) is 11.4. The lowest BCUT2D eigenvalue weighted by Gasteiger charge is -2.06. The van der Waals surface area contributed by atoms with Gasteiger partial charge in [0.05, 0.1) is 0 Å². The van der Waals surface area contributed by atoms with Gasteiger partial charge in [0.1, 0.15) is 0 Å². The quantitative estimate of drug-likeness (QED) is 0.0777. The van der Waals surface area contributed by atoms with E-state index in [-0.39, 0.29) is 0 Å². The van der Waals surface area contributed by atoms with Gasteiger partial charge >= 0.3 is 0 Å². The zero-order valence-electron chi connectivity index (χ0n) is 27.9. The van der Waals surface area contributed by atoms with Crippen molar-refractivity contribution >= 4 is 0 Å². The van der Waals surface area contributed by atoms with E-state index in [1.807, 2.05) is 0 Å². The van der Waals surface area contributed by atoms with Crippen LogP contribution in [0, 0.1) is 0 Å². The van der Waals surface area contributed by atoms with Crippen molar-refractivity contribution < 1.29 is 0 Å². The number of hydrogen-bond acceptors (Lipinski definition) is 0. The third-order valence-corrected chi connectivity index (χ3v) is 9.16. The molecule has 0 nitrogen and oxygen atoms in total. The van der Waals surface area contributed by atoms with Crippen LogP contribution in [0.15, 0.2) is 24.3 Å². The number of benzene rings is 1. The summed E-state index contributed by atoms with van der Waals surface area (Å²) in [5.41, 5.74) is 3.10. The van der Waals surface area contributed by atoms with Gasteiger partial charge in [-0.05, 0) is 36.8 Å². The number of unbranched alkanes of at least 4 members (excludes halogenated alkanes) is 28. The van der Waals surface area contributed by atoms with Gasteiger partial charge in [-0.3, -0.25) is 0 Å². The Morgan fingerprint density at radius 3 is 0.625 bits per heavy atom. The van der Waals surface area contributed by atoms with Crippen LogP contribution in [0.25, 0.3) is 0 Å². The Hall–Kier alpha value is -0.780. The maximum absolute atomic E-state index is 2.41.